The zero-order valence-electron chi connectivity index (χ0n) is 12.8. The van der Waals surface area contributed by atoms with Gasteiger partial charge in [-0.05, 0) is 42.8 Å². The number of hydrogen-bond acceptors (Lipinski definition) is 4. The lowest BCUT2D eigenvalue weighted by atomic mass is 10.2. The highest BCUT2D eigenvalue weighted by Gasteiger charge is 2.15. The third kappa shape index (κ3) is 3.50. The van der Waals surface area contributed by atoms with Crippen LogP contribution in [-0.2, 0) is 0 Å². The van der Waals surface area contributed by atoms with E-state index in [1.54, 1.807) is 24.4 Å². The first-order valence-electron chi connectivity index (χ1n) is 7.18. The van der Waals surface area contributed by atoms with E-state index in [1.165, 1.54) is 11.3 Å². The van der Waals surface area contributed by atoms with Crippen molar-refractivity contribution in [1.29, 1.82) is 0 Å². The molecule has 24 heavy (non-hydrogen) atoms. The minimum Gasteiger partial charge on any atom is -0.397 e. The Hall–Kier alpha value is -2.57. The smallest absolute Gasteiger partial charge is 0.283 e. The predicted molar refractivity (Wildman–Crippen MR) is 99.6 cm³/mol. The maximum Gasteiger partial charge on any atom is 0.283 e. The fourth-order valence-corrected chi connectivity index (χ4v) is 3.24. The normalized spacial score (nSPS) is 11.5. The van der Waals surface area contributed by atoms with Crippen LogP contribution in [-0.4, -0.2) is 16.6 Å². The predicted octanol–water partition coefficient (Wildman–Crippen LogP) is 4.13. The van der Waals surface area contributed by atoms with E-state index in [0.29, 0.717) is 21.3 Å². The lowest BCUT2D eigenvalue weighted by molar-refractivity contribution is 0.0959. The highest BCUT2D eigenvalue weighted by atomic mass is 35.5. The zero-order chi connectivity index (χ0) is 17.1. The van der Waals surface area contributed by atoms with Gasteiger partial charge in [0.25, 0.3) is 5.91 Å². The number of nitrogens with zero attached hydrogens (tertiary/aromatic N) is 1. The molecule has 3 aromatic rings. The van der Waals surface area contributed by atoms with Crippen LogP contribution in [0.25, 0.3) is 10.4 Å². The van der Waals surface area contributed by atoms with Gasteiger partial charge in [0.1, 0.15) is 4.88 Å². The molecule has 4 N–H and O–H groups in total. The van der Waals surface area contributed by atoms with Crippen LogP contribution in [0.5, 0.6) is 0 Å². The van der Waals surface area contributed by atoms with Gasteiger partial charge in [-0.1, -0.05) is 23.7 Å². The molecule has 0 radical (unpaired) electrons. The van der Waals surface area contributed by atoms with Crippen LogP contribution in [0, 0.1) is 0 Å². The van der Waals surface area contributed by atoms with Crippen LogP contribution in [0.15, 0.2) is 53.8 Å². The molecule has 0 spiro atoms. The largest absolute Gasteiger partial charge is 0.397 e. The van der Waals surface area contributed by atoms with Gasteiger partial charge in [-0.15, -0.1) is 11.3 Å². The fraction of sp³-hybridized carbons (Fsp3) is 0.0588. The summed E-state index contributed by atoms with van der Waals surface area (Å²) in [6, 6.07) is 12.9. The van der Waals surface area contributed by atoms with Crippen molar-refractivity contribution in [2.75, 3.05) is 5.73 Å². The molecule has 0 saturated heterocycles. The number of nitrogens with two attached hydrogens (primary N) is 1. The Labute approximate surface area is 148 Å². The van der Waals surface area contributed by atoms with Crippen LogP contribution in [0.1, 0.15) is 22.3 Å². The number of halogens is 1. The number of nitrogen functional groups attached to an aromatic ring is 1. The molecule has 1 amide bonds. The molecule has 0 saturated carbocycles. The van der Waals surface area contributed by atoms with Gasteiger partial charge < -0.3 is 10.7 Å². The monoisotopic (exact) mass is 358 g/mol. The molecule has 0 fully saturated rings. The third-order valence-corrected chi connectivity index (χ3v) is 4.86. The van der Waals surface area contributed by atoms with E-state index in [-0.39, 0.29) is 5.91 Å². The van der Waals surface area contributed by atoms with E-state index in [0.717, 1.165) is 16.1 Å². The van der Waals surface area contributed by atoms with Crippen LogP contribution in [0.4, 0.5) is 5.69 Å². The van der Waals surface area contributed by atoms with Crippen molar-refractivity contribution in [2.24, 2.45) is 5.10 Å². The highest BCUT2D eigenvalue weighted by molar-refractivity contribution is 7.18. The van der Waals surface area contributed by atoms with Crippen molar-refractivity contribution in [3.8, 4) is 10.4 Å². The van der Waals surface area contributed by atoms with Crippen LogP contribution in [0.3, 0.4) is 0 Å². The summed E-state index contributed by atoms with van der Waals surface area (Å²) >= 11 is 7.22. The Bertz CT molecular complexity index is 882. The van der Waals surface area contributed by atoms with Gasteiger partial charge in [0.2, 0.25) is 0 Å². The summed E-state index contributed by atoms with van der Waals surface area (Å²) in [5, 5.41) is 4.76. The summed E-state index contributed by atoms with van der Waals surface area (Å²) in [4.78, 5) is 16.7. The average molecular weight is 359 g/mol. The topological polar surface area (TPSA) is 83.3 Å². The summed E-state index contributed by atoms with van der Waals surface area (Å²) in [5.41, 5.74) is 11.4. The quantitative estimate of drug-likeness (QED) is 0.484. The molecular weight excluding hydrogens is 344 g/mol. The number of H-pyrrole nitrogens is 1. The summed E-state index contributed by atoms with van der Waals surface area (Å²) in [6.07, 6.45) is 1.80. The van der Waals surface area contributed by atoms with E-state index in [1.807, 2.05) is 31.2 Å². The van der Waals surface area contributed by atoms with Crippen molar-refractivity contribution < 1.29 is 4.79 Å². The molecule has 5 nitrogen and oxygen atoms in total. The number of carbonyl (C=O) groups excluding carboxylic acids is 1. The summed E-state index contributed by atoms with van der Waals surface area (Å²) in [6.45, 7) is 1.81. The third-order valence-electron chi connectivity index (χ3n) is 3.41. The molecule has 1 aromatic carbocycles. The maximum atomic E-state index is 12.3. The molecule has 0 aliphatic heterocycles. The summed E-state index contributed by atoms with van der Waals surface area (Å²) < 4.78 is 0. The second kappa shape index (κ2) is 6.90. The molecule has 0 aliphatic rings. The zero-order valence-corrected chi connectivity index (χ0v) is 14.4. The lowest BCUT2D eigenvalue weighted by Crippen LogP contribution is -2.19. The molecule has 7 heteroatoms. The Morgan fingerprint density at radius 1 is 1.29 bits per heavy atom. The number of rotatable bonds is 4. The van der Waals surface area contributed by atoms with Crippen molar-refractivity contribution in [1.82, 2.24) is 10.4 Å². The second-order valence-electron chi connectivity index (χ2n) is 5.12. The second-order valence-corrected chi connectivity index (χ2v) is 6.61. The van der Waals surface area contributed by atoms with Gasteiger partial charge >= 0.3 is 0 Å². The van der Waals surface area contributed by atoms with Crippen molar-refractivity contribution in [2.45, 2.75) is 6.92 Å². The number of amides is 1. The standard InChI is InChI=1S/C17H15ClN4OS/c1-10(14-3-2-8-20-14)21-22-17(23)16-13(19)9-15(24-16)11-4-6-12(18)7-5-11/h2-9,20H,19H2,1H3,(H,22,23)/b21-10+. The molecule has 2 heterocycles. The molecule has 0 atom stereocenters. The van der Waals surface area contributed by atoms with Gasteiger partial charge in [-0.25, -0.2) is 5.43 Å². The minimum atomic E-state index is -0.330. The van der Waals surface area contributed by atoms with E-state index in [4.69, 9.17) is 17.3 Å². The van der Waals surface area contributed by atoms with Crippen molar-refractivity contribution >= 4 is 40.2 Å². The van der Waals surface area contributed by atoms with Crippen LogP contribution < -0.4 is 11.2 Å². The molecule has 3 rings (SSSR count). The van der Waals surface area contributed by atoms with Crippen LogP contribution in [0.2, 0.25) is 5.02 Å². The lowest BCUT2D eigenvalue weighted by Gasteiger charge is -2.00. The number of anilines is 1. The molecular formula is C17H15ClN4OS. The van der Waals surface area contributed by atoms with Gasteiger partial charge in [-0.2, -0.15) is 5.10 Å². The first-order chi connectivity index (χ1) is 11.5. The van der Waals surface area contributed by atoms with Gasteiger partial charge in [0, 0.05) is 16.1 Å². The summed E-state index contributed by atoms with van der Waals surface area (Å²) in [7, 11) is 0. The van der Waals surface area contributed by atoms with Gasteiger partial charge in [-0.3, -0.25) is 4.79 Å². The van der Waals surface area contributed by atoms with Gasteiger partial charge in [0.05, 0.1) is 17.1 Å². The Morgan fingerprint density at radius 3 is 2.71 bits per heavy atom. The first kappa shape index (κ1) is 16.3. The van der Waals surface area contributed by atoms with E-state index in [2.05, 4.69) is 15.5 Å². The summed E-state index contributed by atoms with van der Waals surface area (Å²) in [5.74, 6) is -0.330. The molecule has 0 aliphatic carbocycles. The highest BCUT2D eigenvalue weighted by Crippen LogP contribution is 2.33. The number of benzene rings is 1. The maximum absolute atomic E-state index is 12.3. The molecule has 0 bridgehead atoms. The number of carbonyl (C=O) groups is 1. The number of aromatic amines is 1. The SMILES string of the molecule is C/C(=N\NC(=O)c1sc(-c2ccc(Cl)cc2)cc1N)c1ccc[nH]1. The van der Waals surface area contributed by atoms with Crippen molar-refractivity contribution in [3.63, 3.8) is 0 Å². The van der Waals surface area contributed by atoms with E-state index < -0.39 is 0 Å². The average Bonchev–Trinajstić information content (AvgIpc) is 3.23. The minimum absolute atomic E-state index is 0.330. The Kier molecular flexibility index (Phi) is 4.69. The number of aromatic nitrogens is 1. The van der Waals surface area contributed by atoms with Crippen molar-refractivity contribution in [3.05, 3.63) is 64.3 Å². The molecule has 122 valence electrons. The Morgan fingerprint density at radius 2 is 2.04 bits per heavy atom. The molecule has 0 unspecified atom stereocenters. The van der Waals surface area contributed by atoms with E-state index in [9.17, 15) is 4.79 Å². The number of thiophene rings is 1. The molecule has 2 aromatic heterocycles. The van der Waals surface area contributed by atoms with Crippen LogP contribution >= 0.6 is 22.9 Å². The number of hydrazone groups is 1. The first-order valence-corrected chi connectivity index (χ1v) is 8.37. The Balaban J connectivity index is 1.78. The van der Waals surface area contributed by atoms with E-state index >= 15 is 0 Å². The number of hydrogen-bond donors (Lipinski definition) is 3. The fourth-order valence-electron chi connectivity index (χ4n) is 2.14. The van der Waals surface area contributed by atoms with Gasteiger partial charge in [0.15, 0.2) is 0 Å². The number of nitrogens with one attached hydrogen (secondary N) is 2.